The SMILES string of the molecule is CC(C)CNc1nccc(NCc2ccncc2)n1. The number of hydrogen-bond donors (Lipinski definition) is 2. The number of anilines is 2. The van der Waals surface area contributed by atoms with Crippen LogP contribution in [0.4, 0.5) is 11.8 Å². The Morgan fingerprint density at radius 1 is 1.05 bits per heavy atom. The summed E-state index contributed by atoms with van der Waals surface area (Å²) in [5, 5.41) is 6.48. The predicted octanol–water partition coefficient (Wildman–Crippen LogP) is 2.55. The van der Waals surface area contributed by atoms with Crippen LogP contribution >= 0.6 is 0 Å². The van der Waals surface area contributed by atoms with Gasteiger partial charge in [0.05, 0.1) is 0 Å². The minimum atomic E-state index is 0.567. The molecule has 0 aliphatic heterocycles. The molecule has 0 spiro atoms. The first-order valence-electron chi connectivity index (χ1n) is 6.44. The van der Waals surface area contributed by atoms with Crippen molar-refractivity contribution in [3.05, 3.63) is 42.4 Å². The van der Waals surface area contributed by atoms with Crippen LogP contribution < -0.4 is 10.6 Å². The highest BCUT2D eigenvalue weighted by atomic mass is 15.1. The fourth-order valence-electron chi connectivity index (χ4n) is 1.53. The number of hydrogen-bond acceptors (Lipinski definition) is 5. The average Bonchev–Trinajstić information content (AvgIpc) is 2.44. The summed E-state index contributed by atoms with van der Waals surface area (Å²) in [7, 11) is 0. The van der Waals surface area contributed by atoms with Crippen molar-refractivity contribution in [1.29, 1.82) is 0 Å². The summed E-state index contributed by atoms with van der Waals surface area (Å²) in [6.07, 6.45) is 5.32. The molecule has 0 radical (unpaired) electrons. The van der Waals surface area contributed by atoms with Crippen LogP contribution in [0.2, 0.25) is 0 Å². The molecular weight excluding hydrogens is 238 g/mol. The molecule has 0 bridgehead atoms. The van der Waals surface area contributed by atoms with Crippen LogP contribution in [0, 0.1) is 5.92 Å². The highest BCUT2D eigenvalue weighted by Crippen LogP contribution is 2.08. The molecule has 2 heterocycles. The average molecular weight is 257 g/mol. The van der Waals surface area contributed by atoms with E-state index in [-0.39, 0.29) is 0 Å². The Kier molecular flexibility index (Phi) is 4.66. The summed E-state index contributed by atoms with van der Waals surface area (Å²) in [6.45, 7) is 5.90. The highest BCUT2D eigenvalue weighted by Gasteiger charge is 2.00. The van der Waals surface area contributed by atoms with Gasteiger partial charge in [0.15, 0.2) is 0 Å². The van der Waals surface area contributed by atoms with E-state index < -0.39 is 0 Å². The van der Waals surface area contributed by atoms with Gasteiger partial charge < -0.3 is 10.6 Å². The third-order valence-electron chi connectivity index (χ3n) is 2.55. The normalized spacial score (nSPS) is 10.5. The zero-order valence-corrected chi connectivity index (χ0v) is 11.3. The molecule has 0 aliphatic carbocycles. The summed E-state index contributed by atoms with van der Waals surface area (Å²) in [5.41, 5.74) is 1.17. The Hall–Kier alpha value is -2.17. The second kappa shape index (κ2) is 6.68. The van der Waals surface area contributed by atoms with Gasteiger partial charge in [0.2, 0.25) is 5.95 Å². The maximum atomic E-state index is 4.41. The molecule has 0 saturated heterocycles. The van der Waals surface area contributed by atoms with Crippen LogP contribution in [-0.2, 0) is 6.54 Å². The Bertz CT molecular complexity index is 498. The number of nitrogens with one attached hydrogen (secondary N) is 2. The molecule has 5 heteroatoms. The Balaban J connectivity index is 1.91. The minimum absolute atomic E-state index is 0.567. The van der Waals surface area contributed by atoms with Crippen LogP contribution in [0.15, 0.2) is 36.8 Å². The largest absolute Gasteiger partial charge is 0.366 e. The third kappa shape index (κ3) is 4.54. The van der Waals surface area contributed by atoms with Gasteiger partial charge >= 0.3 is 0 Å². The lowest BCUT2D eigenvalue weighted by atomic mass is 10.2. The molecule has 19 heavy (non-hydrogen) atoms. The quantitative estimate of drug-likeness (QED) is 0.832. The van der Waals surface area contributed by atoms with Gasteiger partial charge in [-0.15, -0.1) is 0 Å². The Morgan fingerprint density at radius 2 is 1.84 bits per heavy atom. The molecule has 5 nitrogen and oxygen atoms in total. The summed E-state index contributed by atoms with van der Waals surface area (Å²) in [4.78, 5) is 12.6. The third-order valence-corrected chi connectivity index (χ3v) is 2.55. The second-order valence-electron chi connectivity index (χ2n) is 4.75. The van der Waals surface area contributed by atoms with Gasteiger partial charge in [-0.05, 0) is 29.7 Å². The van der Waals surface area contributed by atoms with Crippen molar-refractivity contribution in [1.82, 2.24) is 15.0 Å². The van der Waals surface area contributed by atoms with Crippen molar-refractivity contribution in [3.63, 3.8) is 0 Å². The molecular formula is C14H19N5. The van der Waals surface area contributed by atoms with Crippen molar-refractivity contribution in [2.24, 2.45) is 5.92 Å². The number of pyridine rings is 1. The summed E-state index contributed by atoms with van der Waals surface area (Å²) < 4.78 is 0. The second-order valence-corrected chi connectivity index (χ2v) is 4.75. The lowest BCUT2D eigenvalue weighted by molar-refractivity contribution is 0.684. The highest BCUT2D eigenvalue weighted by molar-refractivity contribution is 5.40. The lowest BCUT2D eigenvalue weighted by Crippen LogP contribution is -2.11. The molecule has 2 aromatic rings. The Morgan fingerprint density at radius 3 is 2.58 bits per heavy atom. The molecule has 2 rings (SSSR count). The Labute approximate surface area is 113 Å². The van der Waals surface area contributed by atoms with Crippen LogP contribution in [-0.4, -0.2) is 21.5 Å². The van der Waals surface area contributed by atoms with Crippen LogP contribution in [0.3, 0.4) is 0 Å². The van der Waals surface area contributed by atoms with Crippen molar-refractivity contribution in [3.8, 4) is 0 Å². The molecule has 0 saturated carbocycles. The van der Waals surface area contributed by atoms with Crippen molar-refractivity contribution in [2.45, 2.75) is 20.4 Å². The summed E-state index contributed by atoms with van der Waals surface area (Å²) in [6, 6.07) is 5.82. The number of rotatable bonds is 6. The van der Waals surface area contributed by atoms with Gasteiger partial charge in [-0.1, -0.05) is 13.8 Å². The first-order chi connectivity index (χ1) is 9.24. The first kappa shape index (κ1) is 13.3. The van der Waals surface area contributed by atoms with Gasteiger partial charge in [0.25, 0.3) is 0 Å². The maximum absolute atomic E-state index is 4.41. The minimum Gasteiger partial charge on any atom is -0.366 e. The van der Waals surface area contributed by atoms with E-state index in [1.54, 1.807) is 18.6 Å². The standard InChI is InChI=1S/C14H19N5/c1-11(2)9-18-14-16-8-5-13(19-14)17-10-12-3-6-15-7-4-12/h3-8,11H,9-10H2,1-2H3,(H2,16,17,18,19). The molecule has 0 unspecified atom stereocenters. The molecule has 100 valence electrons. The first-order valence-corrected chi connectivity index (χ1v) is 6.44. The van der Waals surface area contributed by atoms with Gasteiger partial charge in [-0.3, -0.25) is 4.98 Å². The number of aromatic nitrogens is 3. The van der Waals surface area contributed by atoms with Crippen molar-refractivity contribution >= 4 is 11.8 Å². The van der Waals surface area contributed by atoms with E-state index in [1.165, 1.54) is 5.56 Å². The van der Waals surface area contributed by atoms with Crippen LogP contribution in [0.5, 0.6) is 0 Å². The van der Waals surface area contributed by atoms with E-state index in [0.29, 0.717) is 11.9 Å². The fraction of sp³-hybridized carbons (Fsp3) is 0.357. The van der Waals surface area contributed by atoms with E-state index in [1.807, 2.05) is 18.2 Å². The molecule has 0 atom stereocenters. The van der Waals surface area contributed by atoms with Gasteiger partial charge in [0.1, 0.15) is 5.82 Å². The topological polar surface area (TPSA) is 62.7 Å². The molecule has 2 aromatic heterocycles. The maximum Gasteiger partial charge on any atom is 0.224 e. The van der Waals surface area contributed by atoms with Crippen LogP contribution in [0.1, 0.15) is 19.4 Å². The zero-order valence-electron chi connectivity index (χ0n) is 11.3. The predicted molar refractivity (Wildman–Crippen MR) is 76.9 cm³/mol. The summed E-state index contributed by atoms with van der Waals surface area (Å²) in [5.74, 6) is 2.04. The van der Waals surface area contributed by atoms with E-state index in [0.717, 1.165) is 18.9 Å². The van der Waals surface area contributed by atoms with E-state index in [9.17, 15) is 0 Å². The van der Waals surface area contributed by atoms with E-state index in [2.05, 4.69) is 39.4 Å². The summed E-state index contributed by atoms with van der Waals surface area (Å²) >= 11 is 0. The van der Waals surface area contributed by atoms with Gasteiger partial charge in [-0.2, -0.15) is 4.98 Å². The van der Waals surface area contributed by atoms with E-state index in [4.69, 9.17) is 0 Å². The van der Waals surface area contributed by atoms with Crippen molar-refractivity contribution < 1.29 is 0 Å². The number of nitrogens with zero attached hydrogens (tertiary/aromatic N) is 3. The van der Waals surface area contributed by atoms with Gasteiger partial charge in [-0.25, -0.2) is 4.98 Å². The zero-order chi connectivity index (χ0) is 13.5. The van der Waals surface area contributed by atoms with Crippen LogP contribution in [0.25, 0.3) is 0 Å². The fourth-order valence-corrected chi connectivity index (χ4v) is 1.53. The van der Waals surface area contributed by atoms with E-state index >= 15 is 0 Å². The molecule has 0 aliphatic rings. The van der Waals surface area contributed by atoms with Crippen molar-refractivity contribution in [2.75, 3.05) is 17.2 Å². The lowest BCUT2D eigenvalue weighted by Gasteiger charge is -2.09. The molecule has 0 amide bonds. The molecule has 2 N–H and O–H groups in total. The van der Waals surface area contributed by atoms with Gasteiger partial charge in [0, 0.05) is 31.7 Å². The molecule has 0 aromatic carbocycles. The monoisotopic (exact) mass is 257 g/mol. The smallest absolute Gasteiger partial charge is 0.224 e. The molecule has 0 fully saturated rings.